The van der Waals surface area contributed by atoms with Crippen molar-refractivity contribution in [3.05, 3.63) is 53.2 Å². The van der Waals surface area contributed by atoms with Crippen molar-refractivity contribution in [2.45, 2.75) is 69.9 Å². The average molecular weight is 599 g/mol. The fraction of sp³-hybridized carbons (Fsp3) is 0.433. The minimum absolute atomic E-state index is 0.00333. The number of imidazole rings is 1. The lowest BCUT2D eigenvalue weighted by Crippen LogP contribution is -2.21. The van der Waals surface area contributed by atoms with E-state index in [-0.39, 0.29) is 45.6 Å². The number of hydrogen-bond acceptors (Lipinski definition) is 8. The Bertz CT molecular complexity index is 1770. The minimum atomic E-state index is -3.75. The predicted octanol–water partition coefficient (Wildman–Crippen LogP) is 6.61. The number of aromatic nitrogens is 3. The van der Waals surface area contributed by atoms with Crippen molar-refractivity contribution in [3.8, 4) is 11.3 Å². The van der Waals surface area contributed by atoms with E-state index < -0.39 is 28.3 Å². The molecule has 2 fully saturated rings. The minimum Gasteiger partial charge on any atom is -0.461 e. The molecule has 1 aliphatic heterocycles. The van der Waals surface area contributed by atoms with Crippen molar-refractivity contribution in [3.63, 3.8) is 0 Å². The van der Waals surface area contributed by atoms with Gasteiger partial charge < -0.3 is 14.5 Å². The van der Waals surface area contributed by atoms with Crippen LogP contribution in [0.4, 0.5) is 20.2 Å². The summed E-state index contributed by atoms with van der Waals surface area (Å²) in [6.07, 6.45) is 1.36. The summed E-state index contributed by atoms with van der Waals surface area (Å²) in [6.45, 7) is 4.16. The van der Waals surface area contributed by atoms with Gasteiger partial charge in [-0.05, 0) is 81.8 Å². The lowest BCUT2D eigenvalue weighted by atomic mass is 10.1. The normalized spacial score (nSPS) is 17.7. The van der Waals surface area contributed by atoms with Gasteiger partial charge in [0.05, 0.1) is 22.0 Å². The number of carbonyl (C=O) groups excluding carboxylic acids is 1. The van der Waals surface area contributed by atoms with E-state index in [1.807, 2.05) is 19.9 Å². The number of anilines is 2. The second-order valence-corrected chi connectivity index (χ2v) is 13.2. The van der Waals surface area contributed by atoms with Crippen LogP contribution < -0.4 is 5.32 Å². The molecule has 222 valence electrons. The highest BCUT2D eigenvalue weighted by Crippen LogP contribution is 2.38. The summed E-state index contributed by atoms with van der Waals surface area (Å²) < 4.78 is 67.5. The van der Waals surface area contributed by atoms with Crippen LogP contribution in [0.1, 0.15) is 67.6 Å². The summed E-state index contributed by atoms with van der Waals surface area (Å²) in [5.41, 5.74) is 2.72. The number of rotatable bonds is 9. The van der Waals surface area contributed by atoms with E-state index in [4.69, 9.17) is 9.15 Å². The number of nitrogens with one attached hydrogen (secondary N) is 1. The molecule has 1 N–H and O–H groups in total. The standard InChI is InChI=1S/C30H32F2N4O5S/c1-16-12-24(41-17(16)2)19-9-10-21(25(13-19)42(3,38)39)34-22-14-20(15-23(37)18-7-8-18)33-29-27(22)35-30(28(31)32)36(29)26-6-4-5-11-40-26/h9-10,12-14,18,26,28H,4-8,11,15H2,1-3H3,(H,33,34). The lowest BCUT2D eigenvalue weighted by molar-refractivity contribution is -0.119. The van der Waals surface area contributed by atoms with E-state index in [2.05, 4.69) is 15.3 Å². The molecule has 2 aliphatic rings. The van der Waals surface area contributed by atoms with Crippen molar-refractivity contribution in [1.82, 2.24) is 14.5 Å². The fourth-order valence-electron chi connectivity index (χ4n) is 5.36. The van der Waals surface area contributed by atoms with E-state index in [0.29, 0.717) is 30.0 Å². The van der Waals surface area contributed by atoms with Gasteiger partial charge >= 0.3 is 0 Å². The molecule has 4 heterocycles. The van der Waals surface area contributed by atoms with Crippen LogP contribution in [0.15, 0.2) is 39.6 Å². The van der Waals surface area contributed by atoms with E-state index in [9.17, 15) is 22.0 Å². The SMILES string of the molecule is Cc1cc(-c2ccc(Nc3cc(CC(=O)C4CC4)nc4c3nc(C(F)F)n4C3CCCCO3)c(S(C)(=O)=O)c2)oc1C. The first kappa shape index (κ1) is 28.5. The van der Waals surface area contributed by atoms with Crippen molar-refractivity contribution in [2.75, 3.05) is 18.2 Å². The van der Waals surface area contributed by atoms with Gasteiger partial charge in [-0.3, -0.25) is 9.36 Å². The monoisotopic (exact) mass is 598 g/mol. The molecule has 1 atom stereocenters. The number of Topliss-reactive ketones (excluding diaryl/α,β-unsaturated/α-hetero) is 1. The number of ether oxygens (including phenoxy) is 1. The first-order valence-electron chi connectivity index (χ1n) is 14.0. The first-order chi connectivity index (χ1) is 20.0. The molecule has 1 saturated carbocycles. The average Bonchev–Trinajstić information content (AvgIpc) is 3.65. The van der Waals surface area contributed by atoms with Crippen LogP contribution in [-0.4, -0.2) is 41.6 Å². The molecule has 1 unspecified atom stereocenters. The van der Waals surface area contributed by atoms with Gasteiger partial charge in [-0.15, -0.1) is 0 Å². The Morgan fingerprint density at radius 1 is 1.10 bits per heavy atom. The van der Waals surface area contributed by atoms with Crippen LogP contribution in [0.3, 0.4) is 0 Å². The number of halogens is 2. The molecule has 42 heavy (non-hydrogen) atoms. The second kappa shape index (κ2) is 10.9. The van der Waals surface area contributed by atoms with E-state index in [1.165, 1.54) is 10.6 Å². The summed E-state index contributed by atoms with van der Waals surface area (Å²) in [7, 11) is -3.75. The van der Waals surface area contributed by atoms with E-state index in [1.54, 1.807) is 18.2 Å². The molecule has 6 rings (SSSR count). The fourth-order valence-corrected chi connectivity index (χ4v) is 6.22. The molecule has 12 heteroatoms. The van der Waals surface area contributed by atoms with Crippen molar-refractivity contribution >= 4 is 38.2 Å². The summed E-state index contributed by atoms with van der Waals surface area (Å²) in [5.74, 6) is 0.794. The van der Waals surface area contributed by atoms with Crippen LogP contribution >= 0.6 is 0 Å². The van der Waals surface area contributed by atoms with E-state index in [0.717, 1.165) is 43.3 Å². The molecule has 4 aromatic rings. The van der Waals surface area contributed by atoms with E-state index >= 15 is 0 Å². The molecule has 0 amide bonds. The quantitative estimate of drug-likeness (QED) is 0.229. The molecule has 9 nitrogen and oxygen atoms in total. The Balaban J connectivity index is 1.49. The van der Waals surface area contributed by atoms with Crippen LogP contribution in [-0.2, 0) is 25.8 Å². The molecule has 1 aliphatic carbocycles. The van der Waals surface area contributed by atoms with Gasteiger partial charge in [0.25, 0.3) is 6.43 Å². The maximum atomic E-state index is 14.3. The topological polar surface area (TPSA) is 116 Å². The zero-order valence-electron chi connectivity index (χ0n) is 23.6. The van der Waals surface area contributed by atoms with Crippen molar-refractivity contribution in [1.29, 1.82) is 0 Å². The highest BCUT2D eigenvalue weighted by Gasteiger charge is 2.32. The van der Waals surface area contributed by atoms with Crippen LogP contribution in [0.2, 0.25) is 0 Å². The highest BCUT2D eigenvalue weighted by atomic mass is 32.2. The van der Waals surface area contributed by atoms with Crippen LogP contribution in [0.5, 0.6) is 0 Å². The number of fused-ring (bicyclic) bond motifs is 1. The zero-order valence-corrected chi connectivity index (χ0v) is 24.4. The number of pyridine rings is 1. The maximum absolute atomic E-state index is 14.3. The Labute approximate surface area is 242 Å². The molecule has 0 bridgehead atoms. The smallest absolute Gasteiger partial charge is 0.295 e. The van der Waals surface area contributed by atoms with Gasteiger partial charge in [-0.25, -0.2) is 27.2 Å². The summed E-state index contributed by atoms with van der Waals surface area (Å²) in [4.78, 5) is 21.7. The number of alkyl halides is 2. The number of benzene rings is 1. The van der Waals surface area contributed by atoms with Gasteiger partial charge in [0.2, 0.25) is 0 Å². The number of hydrogen-bond donors (Lipinski definition) is 1. The van der Waals surface area contributed by atoms with Gasteiger partial charge in [0.1, 0.15) is 29.0 Å². The molecule has 0 spiro atoms. The number of aryl methyl sites for hydroxylation is 2. The predicted molar refractivity (Wildman–Crippen MR) is 153 cm³/mol. The van der Waals surface area contributed by atoms with Crippen LogP contribution in [0, 0.1) is 19.8 Å². The Hall–Kier alpha value is -3.64. The number of nitrogens with zero attached hydrogens (tertiary/aromatic N) is 3. The molecule has 1 saturated heterocycles. The van der Waals surface area contributed by atoms with Gasteiger partial charge in [-0.1, -0.05) is 0 Å². The van der Waals surface area contributed by atoms with Crippen molar-refractivity contribution in [2.24, 2.45) is 5.92 Å². The Kier molecular flexibility index (Phi) is 7.38. The molecular weight excluding hydrogens is 566 g/mol. The number of carbonyl (C=O) groups is 1. The summed E-state index contributed by atoms with van der Waals surface area (Å²) in [6, 6.07) is 8.28. The number of ketones is 1. The zero-order chi connectivity index (χ0) is 29.8. The van der Waals surface area contributed by atoms with Gasteiger partial charge in [0.15, 0.2) is 21.3 Å². The highest BCUT2D eigenvalue weighted by molar-refractivity contribution is 7.90. The van der Waals surface area contributed by atoms with Gasteiger partial charge in [-0.2, -0.15) is 0 Å². The first-order valence-corrected chi connectivity index (χ1v) is 15.9. The number of sulfone groups is 1. The second-order valence-electron chi connectivity index (χ2n) is 11.2. The number of furan rings is 1. The Morgan fingerprint density at radius 2 is 1.88 bits per heavy atom. The third-order valence-electron chi connectivity index (χ3n) is 7.86. The maximum Gasteiger partial charge on any atom is 0.295 e. The van der Waals surface area contributed by atoms with Crippen LogP contribution in [0.25, 0.3) is 22.5 Å². The van der Waals surface area contributed by atoms with Gasteiger partial charge in [0, 0.05) is 30.8 Å². The molecule has 1 aromatic carbocycles. The lowest BCUT2D eigenvalue weighted by Gasteiger charge is -2.25. The summed E-state index contributed by atoms with van der Waals surface area (Å²) in [5, 5.41) is 3.14. The summed E-state index contributed by atoms with van der Waals surface area (Å²) >= 11 is 0. The molecule has 0 radical (unpaired) electrons. The molecule has 3 aromatic heterocycles. The third kappa shape index (κ3) is 5.57. The van der Waals surface area contributed by atoms with Crippen molar-refractivity contribution < 1.29 is 31.1 Å². The Morgan fingerprint density at radius 3 is 2.50 bits per heavy atom. The third-order valence-corrected chi connectivity index (χ3v) is 8.99. The largest absolute Gasteiger partial charge is 0.461 e. The molecular formula is C30H32F2N4O5S.